The molecule has 0 aliphatic heterocycles. The van der Waals surface area contributed by atoms with Gasteiger partial charge in [-0.1, -0.05) is 93.9 Å². The normalized spacial score (nSPS) is 12.6. The van der Waals surface area contributed by atoms with Crippen LogP contribution >= 0.6 is 15.9 Å². The van der Waals surface area contributed by atoms with Crippen LogP contribution in [0, 0.1) is 0 Å². The van der Waals surface area contributed by atoms with Gasteiger partial charge in [-0.05, 0) is 85.2 Å². The summed E-state index contributed by atoms with van der Waals surface area (Å²) >= 11 is 3.59. The van der Waals surface area contributed by atoms with Crippen molar-refractivity contribution >= 4 is 38.5 Å². The second-order valence-electron chi connectivity index (χ2n) is 13.0. The third-order valence-electron chi connectivity index (χ3n) is 7.92. The van der Waals surface area contributed by atoms with E-state index in [0.29, 0.717) is 17.2 Å². The van der Waals surface area contributed by atoms with Gasteiger partial charge in [-0.15, -0.1) is 0 Å². The van der Waals surface area contributed by atoms with E-state index in [4.69, 9.17) is 14.0 Å². The predicted octanol–water partition coefficient (Wildman–Crippen LogP) is 9.74. The molecule has 0 aliphatic carbocycles. The van der Waals surface area contributed by atoms with Crippen LogP contribution in [-0.2, 0) is 21.7 Å². The van der Waals surface area contributed by atoms with E-state index in [1.807, 2.05) is 12.1 Å². The molecule has 2 aromatic rings. The van der Waals surface area contributed by atoms with Crippen molar-refractivity contribution in [3.05, 3.63) is 69.7 Å². The van der Waals surface area contributed by atoms with E-state index in [-0.39, 0.29) is 5.04 Å². The van der Waals surface area contributed by atoms with Crippen molar-refractivity contribution in [2.24, 2.45) is 0 Å². The number of halogens is 1. The fourth-order valence-corrected chi connectivity index (χ4v) is 5.92. The molecule has 0 saturated carbocycles. The lowest BCUT2D eigenvalue weighted by atomic mass is 10.0. The van der Waals surface area contributed by atoms with Crippen molar-refractivity contribution in [3.63, 3.8) is 0 Å². The SMILES string of the molecule is CC(C)(C)[Si](C)(C)OCCCc1ccccc1Br.CC(C)(C)[Si](C)(C)OCCCc1ccccc1C(=O)O. The Morgan fingerprint density at radius 1 is 0.737 bits per heavy atom. The molecule has 0 spiro atoms. The van der Waals surface area contributed by atoms with Gasteiger partial charge in [0.2, 0.25) is 0 Å². The lowest BCUT2D eigenvalue weighted by Gasteiger charge is -2.36. The Morgan fingerprint density at radius 2 is 1.13 bits per heavy atom. The Kier molecular flexibility index (Phi) is 13.7. The molecule has 2 aromatic carbocycles. The van der Waals surface area contributed by atoms with Crippen LogP contribution in [0.4, 0.5) is 0 Å². The van der Waals surface area contributed by atoms with E-state index >= 15 is 0 Å². The van der Waals surface area contributed by atoms with Crippen molar-refractivity contribution in [2.45, 2.75) is 103 Å². The first-order chi connectivity index (χ1) is 17.4. The van der Waals surface area contributed by atoms with Crippen molar-refractivity contribution in [2.75, 3.05) is 13.2 Å². The minimum atomic E-state index is -1.69. The number of hydrogen-bond donors (Lipinski definition) is 1. The van der Waals surface area contributed by atoms with Crippen LogP contribution < -0.4 is 0 Å². The zero-order valence-electron chi connectivity index (χ0n) is 25.4. The van der Waals surface area contributed by atoms with Gasteiger partial charge in [0.1, 0.15) is 0 Å². The fourth-order valence-electron chi connectivity index (χ4n) is 3.26. The predicted molar refractivity (Wildman–Crippen MR) is 170 cm³/mol. The first-order valence-electron chi connectivity index (χ1n) is 13.7. The summed E-state index contributed by atoms with van der Waals surface area (Å²) in [5, 5.41) is 9.65. The lowest BCUT2D eigenvalue weighted by Crippen LogP contribution is -2.41. The summed E-state index contributed by atoms with van der Waals surface area (Å²) in [6.45, 7) is 24.2. The van der Waals surface area contributed by atoms with Crippen molar-refractivity contribution < 1.29 is 18.8 Å². The van der Waals surface area contributed by atoms with Crippen LogP contribution in [0.1, 0.15) is 75.9 Å². The summed E-state index contributed by atoms with van der Waals surface area (Å²) in [6.07, 6.45) is 3.78. The smallest absolute Gasteiger partial charge is 0.335 e. The maximum Gasteiger partial charge on any atom is 0.335 e. The average molecular weight is 624 g/mol. The molecule has 214 valence electrons. The van der Waals surface area contributed by atoms with Gasteiger partial charge in [0.15, 0.2) is 16.6 Å². The number of hydrogen-bond acceptors (Lipinski definition) is 3. The van der Waals surface area contributed by atoms with E-state index in [1.54, 1.807) is 12.1 Å². The lowest BCUT2D eigenvalue weighted by molar-refractivity contribution is 0.0695. The van der Waals surface area contributed by atoms with Crippen molar-refractivity contribution in [1.82, 2.24) is 0 Å². The molecule has 0 bridgehead atoms. The number of carboxylic acid groups (broad SMARTS) is 1. The van der Waals surface area contributed by atoms with Crippen molar-refractivity contribution in [1.29, 1.82) is 0 Å². The summed E-state index contributed by atoms with van der Waals surface area (Å²) in [6, 6.07) is 15.6. The molecular formula is C31H51BrO4Si2. The van der Waals surface area contributed by atoms with Crippen LogP contribution in [-0.4, -0.2) is 40.9 Å². The summed E-state index contributed by atoms with van der Waals surface area (Å²) in [5.41, 5.74) is 2.66. The molecule has 4 nitrogen and oxygen atoms in total. The van der Waals surface area contributed by atoms with Gasteiger partial charge < -0.3 is 14.0 Å². The Morgan fingerprint density at radius 3 is 1.55 bits per heavy atom. The zero-order chi connectivity index (χ0) is 29.2. The number of aromatic carboxylic acids is 1. The van der Waals surface area contributed by atoms with Crippen molar-refractivity contribution in [3.8, 4) is 0 Å². The van der Waals surface area contributed by atoms with Crippen LogP contribution in [0.5, 0.6) is 0 Å². The topological polar surface area (TPSA) is 55.8 Å². The Bertz CT molecular complexity index is 1010. The second kappa shape index (κ2) is 14.9. The van der Waals surface area contributed by atoms with Crippen LogP contribution in [0.2, 0.25) is 36.3 Å². The largest absolute Gasteiger partial charge is 0.478 e. The van der Waals surface area contributed by atoms with E-state index in [9.17, 15) is 4.79 Å². The third kappa shape index (κ3) is 11.5. The Hall–Kier alpha value is -1.26. The molecule has 0 aromatic heterocycles. The minimum absolute atomic E-state index is 0.214. The highest BCUT2D eigenvalue weighted by Crippen LogP contribution is 2.37. The van der Waals surface area contributed by atoms with Crippen LogP contribution in [0.3, 0.4) is 0 Å². The van der Waals surface area contributed by atoms with Crippen LogP contribution in [0.25, 0.3) is 0 Å². The molecule has 0 saturated heterocycles. The Balaban J connectivity index is 0.000000382. The van der Waals surface area contributed by atoms with Gasteiger partial charge in [0.25, 0.3) is 0 Å². The average Bonchev–Trinajstić information content (AvgIpc) is 2.80. The first kappa shape index (κ1) is 34.8. The maximum atomic E-state index is 11.1. The monoisotopic (exact) mass is 622 g/mol. The quantitative estimate of drug-likeness (QED) is 0.200. The molecule has 0 fully saturated rings. The maximum absolute atomic E-state index is 11.1. The summed E-state index contributed by atoms with van der Waals surface area (Å²) < 4.78 is 13.5. The van der Waals surface area contributed by atoms with Crippen LogP contribution in [0.15, 0.2) is 53.0 Å². The standard InChI is InChI=1S/C16H26O3Si.C15H25BrOSi/c1-16(2,3)20(4,5)19-12-8-10-13-9-6-7-11-14(13)15(17)18;1-15(2,3)18(4,5)17-12-8-10-13-9-6-7-11-14(13)16/h6-7,9,11H,8,10,12H2,1-5H3,(H,17,18);6-7,9,11H,8,10,12H2,1-5H3. The molecule has 0 radical (unpaired) electrons. The summed E-state index contributed by atoms with van der Waals surface area (Å²) in [7, 11) is -3.26. The highest BCUT2D eigenvalue weighted by molar-refractivity contribution is 9.10. The number of carbonyl (C=O) groups is 1. The van der Waals surface area contributed by atoms with E-state index in [2.05, 4.69) is 108 Å². The number of benzene rings is 2. The second-order valence-corrected chi connectivity index (χ2v) is 23.5. The van der Waals surface area contributed by atoms with Gasteiger partial charge in [0, 0.05) is 17.7 Å². The van der Waals surface area contributed by atoms with Gasteiger partial charge in [-0.2, -0.15) is 0 Å². The molecule has 1 N–H and O–H groups in total. The van der Waals surface area contributed by atoms with Gasteiger partial charge >= 0.3 is 5.97 Å². The highest BCUT2D eigenvalue weighted by atomic mass is 79.9. The third-order valence-corrected chi connectivity index (χ3v) is 17.8. The first-order valence-corrected chi connectivity index (χ1v) is 20.3. The summed E-state index contributed by atoms with van der Waals surface area (Å²) in [5.74, 6) is -0.856. The fraction of sp³-hybridized carbons (Fsp3) is 0.581. The number of rotatable bonds is 11. The molecule has 38 heavy (non-hydrogen) atoms. The van der Waals surface area contributed by atoms with E-state index in [0.717, 1.165) is 37.9 Å². The van der Waals surface area contributed by atoms with Gasteiger partial charge in [0.05, 0.1) is 5.56 Å². The Labute approximate surface area is 242 Å². The van der Waals surface area contributed by atoms with Gasteiger partial charge in [-0.3, -0.25) is 0 Å². The molecule has 0 heterocycles. The molecule has 2 rings (SSSR count). The minimum Gasteiger partial charge on any atom is -0.478 e. The summed E-state index contributed by atoms with van der Waals surface area (Å²) in [4.78, 5) is 11.1. The van der Waals surface area contributed by atoms with Gasteiger partial charge in [-0.25, -0.2) is 4.79 Å². The molecule has 7 heteroatoms. The molecule has 0 unspecified atom stereocenters. The molecular weight excluding hydrogens is 572 g/mol. The molecule has 0 atom stereocenters. The highest BCUT2D eigenvalue weighted by Gasteiger charge is 2.37. The number of carboxylic acids is 1. The molecule has 0 amide bonds. The van der Waals surface area contributed by atoms with E-state index in [1.165, 1.54) is 10.0 Å². The van der Waals surface area contributed by atoms with E-state index < -0.39 is 22.6 Å². The molecule has 0 aliphatic rings. The zero-order valence-corrected chi connectivity index (χ0v) is 29.0. The number of aryl methyl sites for hydroxylation is 2.